The third-order valence-corrected chi connectivity index (χ3v) is 3.42. The summed E-state index contributed by atoms with van der Waals surface area (Å²) in [6, 6.07) is 4.41. The van der Waals surface area contributed by atoms with Crippen LogP contribution in [-0.2, 0) is 11.2 Å². The van der Waals surface area contributed by atoms with Crippen LogP contribution in [-0.4, -0.2) is 23.9 Å². The first-order valence-electron chi connectivity index (χ1n) is 6.52. The van der Waals surface area contributed by atoms with E-state index >= 15 is 0 Å². The van der Waals surface area contributed by atoms with Crippen molar-refractivity contribution in [3.8, 4) is 0 Å². The van der Waals surface area contributed by atoms with Gasteiger partial charge in [0.25, 0.3) is 0 Å². The topological polar surface area (TPSA) is 33.5 Å². The Labute approximate surface area is 112 Å². The van der Waals surface area contributed by atoms with E-state index in [0.29, 0.717) is 24.4 Å². The van der Waals surface area contributed by atoms with E-state index in [0.717, 1.165) is 10.9 Å². The summed E-state index contributed by atoms with van der Waals surface area (Å²) >= 11 is 0. The highest BCUT2D eigenvalue weighted by molar-refractivity contribution is 5.85. The lowest BCUT2D eigenvalue weighted by Gasteiger charge is -2.17. The van der Waals surface area contributed by atoms with Gasteiger partial charge < -0.3 is 9.32 Å². The summed E-state index contributed by atoms with van der Waals surface area (Å²) in [5.41, 5.74) is 1.47. The molecule has 1 heterocycles. The minimum absolute atomic E-state index is 0.0348. The molecule has 2 aromatic rings. The minimum Gasteiger partial charge on any atom is -0.460 e. The Morgan fingerprint density at radius 1 is 1.32 bits per heavy atom. The maximum atomic E-state index is 13.2. The van der Waals surface area contributed by atoms with Crippen molar-refractivity contribution in [2.45, 2.75) is 27.2 Å². The molecular formula is C15H18FNO2. The van der Waals surface area contributed by atoms with Crippen LogP contribution >= 0.6 is 0 Å². The fourth-order valence-corrected chi connectivity index (χ4v) is 2.24. The number of hydrogen-bond acceptors (Lipinski definition) is 2. The van der Waals surface area contributed by atoms with Gasteiger partial charge in [-0.15, -0.1) is 0 Å². The minimum atomic E-state index is -0.294. The van der Waals surface area contributed by atoms with Crippen LogP contribution in [0.2, 0.25) is 0 Å². The fourth-order valence-electron chi connectivity index (χ4n) is 2.24. The lowest BCUT2D eigenvalue weighted by Crippen LogP contribution is -2.31. The Morgan fingerprint density at radius 3 is 2.63 bits per heavy atom. The number of halogens is 1. The molecule has 0 radical (unpaired) electrons. The standard InChI is InChI=1S/C15H18FNO2/c1-4-17(5-2)15(18)9-14-10(3)12-8-11(16)6-7-13(12)19-14/h6-8H,4-5,9H2,1-3H3. The number of carbonyl (C=O) groups is 1. The molecule has 3 nitrogen and oxygen atoms in total. The van der Waals surface area contributed by atoms with Gasteiger partial charge in [-0.05, 0) is 44.5 Å². The molecule has 0 N–H and O–H groups in total. The van der Waals surface area contributed by atoms with Crippen LogP contribution in [0.1, 0.15) is 25.2 Å². The van der Waals surface area contributed by atoms with Gasteiger partial charge in [0.2, 0.25) is 5.91 Å². The van der Waals surface area contributed by atoms with Crippen molar-refractivity contribution in [3.05, 3.63) is 35.3 Å². The number of amides is 1. The van der Waals surface area contributed by atoms with Crippen molar-refractivity contribution in [1.29, 1.82) is 0 Å². The predicted octanol–water partition coefficient (Wildman–Crippen LogP) is 3.29. The molecule has 19 heavy (non-hydrogen) atoms. The Bertz CT molecular complexity index is 599. The van der Waals surface area contributed by atoms with Crippen LogP contribution in [0.4, 0.5) is 4.39 Å². The van der Waals surface area contributed by atoms with Crippen LogP contribution in [0.25, 0.3) is 11.0 Å². The lowest BCUT2D eigenvalue weighted by atomic mass is 10.1. The van der Waals surface area contributed by atoms with E-state index in [1.807, 2.05) is 20.8 Å². The Balaban J connectivity index is 2.31. The van der Waals surface area contributed by atoms with Crippen LogP contribution in [0.3, 0.4) is 0 Å². The van der Waals surface area contributed by atoms with Gasteiger partial charge in [0.1, 0.15) is 17.2 Å². The van der Waals surface area contributed by atoms with Crippen LogP contribution in [0.5, 0.6) is 0 Å². The molecule has 0 unspecified atom stereocenters. The van der Waals surface area contributed by atoms with E-state index in [4.69, 9.17) is 4.42 Å². The Hall–Kier alpha value is -1.84. The summed E-state index contributed by atoms with van der Waals surface area (Å²) in [5.74, 6) is 0.364. The molecule has 0 saturated carbocycles. The van der Waals surface area contributed by atoms with E-state index in [-0.39, 0.29) is 18.1 Å². The van der Waals surface area contributed by atoms with Gasteiger partial charge in [0.15, 0.2) is 0 Å². The highest BCUT2D eigenvalue weighted by atomic mass is 19.1. The van der Waals surface area contributed by atoms with E-state index in [2.05, 4.69) is 0 Å². The third-order valence-electron chi connectivity index (χ3n) is 3.42. The second kappa shape index (κ2) is 5.43. The van der Waals surface area contributed by atoms with E-state index in [1.54, 1.807) is 11.0 Å². The van der Waals surface area contributed by atoms with Crippen LogP contribution in [0.15, 0.2) is 22.6 Å². The molecule has 102 valence electrons. The molecule has 0 spiro atoms. The fraction of sp³-hybridized carbons (Fsp3) is 0.400. The largest absolute Gasteiger partial charge is 0.460 e. The molecule has 0 bridgehead atoms. The molecule has 1 amide bonds. The maximum Gasteiger partial charge on any atom is 0.230 e. The normalized spacial score (nSPS) is 10.9. The van der Waals surface area contributed by atoms with E-state index in [1.165, 1.54) is 12.1 Å². The first-order chi connectivity index (χ1) is 9.06. The number of carbonyl (C=O) groups excluding carboxylic acids is 1. The first-order valence-corrected chi connectivity index (χ1v) is 6.52. The summed E-state index contributed by atoms with van der Waals surface area (Å²) in [4.78, 5) is 13.8. The number of rotatable bonds is 4. The quantitative estimate of drug-likeness (QED) is 0.848. The van der Waals surface area contributed by atoms with Gasteiger partial charge in [-0.2, -0.15) is 0 Å². The van der Waals surface area contributed by atoms with Gasteiger partial charge in [-0.25, -0.2) is 4.39 Å². The molecule has 0 aliphatic heterocycles. The second-order valence-corrected chi connectivity index (χ2v) is 4.53. The predicted molar refractivity (Wildman–Crippen MR) is 72.5 cm³/mol. The molecule has 0 aliphatic carbocycles. The van der Waals surface area contributed by atoms with Crippen molar-refractivity contribution in [2.24, 2.45) is 0 Å². The van der Waals surface area contributed by atoms with Crippen LogP contribution in [0, 0.1) is 12.7 Å². The van der Waals surface area contributed by atoms with Gasteiger partial charge in [0.05, 0.1) is 6.42 Å². The molecule has 0 fully saturated rings. The number of furan rings is 1. The average molecular weight is 263 g/mol. The molecule has 1 aromatic heterocycles. The van der Waals surface area contributed by atoms with Gasteiger partial charge in [-0.1, -0.05) is 0 Å². The molecule has 0 saturated heterocycles. The van der Waals surface area contributed by atoms with Gasteiger partial charge in [-0.3, -0.25) is 4.79 Å². The van der Waals surface area contributed by atoms with E-state index in [9.17, 15) is 9.18 Å². The molecule has 0 atom stereocenters. The Kier molecular flexibility index (Phi) is 3.88. The molecule has 1 aromatic carbocycles. The summed E-state index contributed by atoms with van der Waals surface area (Å²) in [7, 11) is 0. The van der Waals surface area contributed by atoms with Crippen molar-refractivity contribution < 1.29 is 13.6 Å². The number of likely N-dealkylation sites (N-methyl/N-ethyl adjacent to an activating group) is 1. The molecule has 0 aliphatic rings. The SMILES string of the molecule is CCN(CC)C(=O)Cc1oc2ccc(F)cc2c1C. The van der Waals surface area contributed by atoms with E-state index < -0.39 is 0 Å². The Morgan fingerprint density at radius 2 is 2.00 bits per heavy atom. The second-order valence-electron chi connectivity index (χ2n) is 4.53. The zero-order chi connectivity index (χ0) is 14.0. The summed E-state index contributed by atoms with van der Waals surface area (Å²) in [5, 5.41) is 0.738. The number of aryl methyl sites for hydroxylation is 1. The number of fused-ring (bicyclic) bond motifs is 1. The highest BCUT2D eigenvalue weighted by Gasteiger charge is 2.17. The van der Waals surface area contributed by atoms with Crippen LogP contribution < -0.4 is 0 Å². The van der Waals surface area contributed by atoms with Gasteiger partial charge in [0, 0.05) is 18.5 Å². The number of benzene rings is 1. The zero-order valence-electron chi connectivity index (χ0n) is 11.5. The maximum absolute atomic E-state index is 13.2. The monoisotopic (exact) mass is 263 g/mol. The summed E-state index contributed by atoms with van der Waals surface area (Å²) in [6.45, 7) is 7.12. The number of hydrogen-bond donors (Lipinski definition) is 0. The molecular weight excluding hydrogens is 245 g/mol. The zero-order valence-corrected chi connectivity index (χ0v) is 11.5. The van der Waals surface area contributed by atoms with Crippen molar-refractivity contribution in [2.75, 3.05) is 13.1 Å². The molecule has 4 heteroatoms. The number of nitrogens with zero attached hydrogens (tertiary/aromatic N) is 1. The third kappa shape index (κ3) is 2.62. The smallest absolute Gasteiger partial charge is 0.230 e. The summed E-state index contributed by atoms with van der Waals surface area (Å²) < 4.78 is 18.9. The van der Waals surface area contributed by atoms with Crippen molar-refractivity contribution >= 4 is 16.9 Å². The van der Waals surface area contributed by atoms with Crippen molar-refractivity contribution in [3.63, 3.8) is 0 Å². The average Bonchev–Trinajstić information content (AvgIpc) is 2.68. The first kappa shape index (κ1) is 13.6. The summed E-state index contributed by atoms with van der Waals surface area (Å²) in [6.07, 6.45) is 0.226. The lowest BCUT2D eigenvalue weighted by molar-refractivity contribution is -0.130. The molecule has 2 rings (SSSR count). The van der Waals surface area contributed by atoms with Gasteiger partial charge >= 0.3 is 0 Å². The highest BCUT2D eigenvalue weighted by Crippen LogP contribution is 2.26. The van der Waals surface area contributed by atoms with Crippen molar-refractivity contribution in [1.82, 2.24) is 4.90 Å².